The second-order valence-corrected chi connectivity index (χ2v) is 2.40. The predicted octanol–water partition coefficient (Wildman–Crippen LogP) is 1.99. The second-order valence-electron chi connectivity index (χ2n) is 2.40. The molecule has 62 valence electrons. The lowest BCUT2D eigenvalue weighted by molar-refractivity contribution is -0.116. The van der Waals surface area contributed by atoms with Crippen LogP contribution in [0.5, 0.6) is 0 Å². The van der Waals surface area contributed by atoms with Crippen LogP contribution in [-0.2, 0) is 4.79 Å². The Kier molecular flexibility index (Phi) is 4.27. The molecule has 1 N–H and O–H groups in total. The molecule has 2 heteroatoms. The van der Waals surface area contributed by atoms with Gasteiger partial charge in [-0.25, -0.2) is 0 Å². The number of hydrogen-bond donors (Lipinski definition) is 1. The molecule has 0 atom stereocenters. The lowest BCUT2D eigenvalue weighted by atomic mass is 10.3. The monoisotopic (exact) mass is 153 g/mol. The number of rotatable bonds is 3. The normalized spacial score (nSPS) is 11.0. The Bertz CT molecular complexity index is 192. The molecule has 0 radical (unpaired) electrons. The molecule has 0 saturated carbocycles. The van der Waals surface area contributed by atoms with E-state index in [1.807, 2.05) is 19.9 Å². The summed E-state index contributed by atoms with van der Waals surface area (Å²) in [6.45, 7) is 9.12. The van der Waals surface area contributed by atoms with Gasteiger partial charge in [0.05, 0.1) is 0 Å². The topological polar surface area (TPSA) is 29.1 Å². The summed E-state index contributed by atoms with van der Waals surface area (Å²) in [6, 6.07) is 0. The molecule has 0 aliphatic carbocycles. The van der Waals surface area contributed by atoms with Gasteiger partial charge >= 0.3 is 0 Å². The van der Waals surface area contributed by atoms with E-state index >= 15 is 0 Å². The van der Waals surface area contributed by atoms with Crippen molar-refractivity contribution < 1.29 is 4.79 Å². The second kappa shape index (κ2) is 4.72. The quantitative estimate of drug-likeness (QED) is 0.617. The zero-order valence-electron chi connectivity index (χ0n) is 7.40. The van der Waals surface area contributed by atoms with Gasteiger partial charge in [0.25, 0.3) is 0 Å². The van der Waals surface area contributed by atoms with Crippen molar-refractivity contribution in [3.05, 3.63) is 23.9 Å². The molecule has 0 aromatic carbocycles. The van der Waals surface area contributed by atoms with Gasteiger partial charge in [-0.15, -0.1) is 0 Å². The summed E-state index contributed by atoms with van der Waals surface area (Å²) in [7, 11) is 0. The van der Waals surface area contributed by atoms with E-state index in [1.165, 1.54) is 0 Å². The van der Waals surface area contributed by atoms with Gasteiger partial charge < -0.3 is 5.32 Å². The Morgan fingerprint density at radius 1 is 1.64 bits per heavy atom. The van der Waals surface area contributed by atoms with E-state index in [2.05, 4.69) is 11.9 Å². The minimum absolute atomic E-state index is 0.0973. The first-order valence-corrected chi connectivity index (χ1v) is 3.73. The molecular weight excluding hydrogens is 138 g/mol. The summed E-state index contributed by atoms with van der Waals surface area (Å²) >= 11 is 0. The Hall–Kier alpha value is -1.05. The maximum Gasteiger partial charge on any atom is 0.250 e. The zero-order valence-corrected chi connectivity index (χ0v) is 7.40. The van der Waals surface area contributed by atoms with Crippen LogP contribution in [0, 0.1) is 0 Å². The SMILES string of the molecule is C=C(C)C(=O)NC(=CC)CC. The minimum atomic E-state index is -0.0973. The van der Waals surface area contributed by atoms with Gasteiger partial charge in [-0.05, 0) is 20.3 Å². The summed E-state index contributed by atoms with van der Waals surface area (Å²) in [5.74, 6) is -0.0973. The van der Waals surface area contributed by atoms with E-state index in [-0.39, 0.29) is 5.91 Å². The van der Waals surface area contributed by atoms with Crippen LogP contribution in [0.2, 0.25) is 0 Å². The smallest absolute Gasteiger partial charge is 0.250 e. The van der Waals surface area contributed by atoms with Crippen molar-refractivity contribution in [3.63, 3.8) is 0 Å². The third-order valence-electron chi connectivity index (χ3n) is 1.39. The van der Waals surface area contributed by atoms with Crippen molar-refractivity contribution in [3.8, 4) is 0 Å². The fourth-order valence-electron chi connectivity index (χ4n) is 0.617. The largest absolute Gasteiger partial charge is 0.326 e. The van der Waals surface area contributed by atoms with E-state index in [4.69, 9.17) is 0 Å². The van der Waals surface area contributed by atoms with Crippen molar-refractivity contribution in [2.45, 2.75) is 27.2 Å². The molecule has 0 heterocycles. The first-order chi connectivity index (χ1) is 5.11. The van der Waals surface area contributed by atoms with Gasteiger partial charge in [-0.2, -0.15) is 0 Å². The van der Waals surface area contributed by atoms with Crippen LogP contribution in [0.3, 0.4) is 0 Å². The summed E-state index contributed by atoms with van der Waals surface area (Å²) in [6.07, 6.45) is 2.73. The van der Waals surface area contributed by atoms with Crippen LogP contribution in [0.4, 0.5) is 0 Å². The number of hydrogen-bond acceptors (Lipinski definition) is 1. The van der Waals surface area contributed by atoms with Crippen LogP contribution >= 0.6 is 0 Å². The van der Waals surface area contributed by atoms with Crippen molar-refractivity contribution in [1.82, 2.24) is 5.32 Å². The highest BCUT2D eigenvalue weighted by atomic mass is 16.1. The van der Waals surface area contributed by atoms with E-state index < -0.39 is 0 Å². The number of allylic oxidation sites excluding steroid dienone is 2. The highest BCUT2D eigenvalue weighted by Gasteiger charge is 2.01. The molecule has 1 amide bonds. The van der Waals surface area contributed by atoms with Gasteiger partial charge in [0.1, 0.15) is 0 Å². The molecule has 0 aromatic heterocycles. The molecule has 0 aliphatic rings. The van der Waals surface area contributed by atoms with E-state index in [0.717, 1.165) is 12.1 Å². The fraction of sp³-hybridized carbons (Fsp3) is 0.444. The highest BCUT2D eigenvalue weighted by molar-refractivity contribution is 5.93. The highest BCUT2D eigenvalue weighted by Crippen LogP contribution is 1.96. The van der Waals surface area contributed by atoms with Crippen molar-refractivity contribution in [2.75, 3.05) is 0 Å². The van der Waals surface area contributed by atoms with Crippen molar-refractivity contribution >= 4 is 5.91 Å². The third-order valence-corrected chi connectivity index (χ3v) is 1.39. The molecule has 11 heavy (non-hydrogen) atoms. The zero-order chi connectivity index (χ0) is 8.85. The maximum atomic E-state index is 11.0. The molecule has 0 unspecified atom stereocenters. The number of nitrogens with one attached hydrogen (secondary N) is 1. The van der Waals surface area contributed by atoms with Crippen molar-refractivity contribution in [1.29, 1.82) is 0 Å². The van der Waals surface area contributed by atoms with Crippen molar-refractivity contribution in [2.24, 2.45) is 0 Å². The Labute approximate surface area is 68.0 Å². The van der Waals surface area contributed by atoms with Gasteiger partial charge in [0.2, 0.25) is 5.91 Å². The van der Waals surface area contributed by atoms with Crippen LogP contribution in [0.25, 0.3) is 0 Å². The Morgan fingerprint density at radius 3 is 2.45 bits per heavy atom. The molecule has 0 aromatic rings. The van der Waals surface area contributed by atoms with Crippen LogP contribution in [0.15, 0.2) is 23.9 Å². The Balaban J connectivity index is 4.04. The lowest BCUT2D eigenvalue weighted by Gasteiger charge is -2.05. The van der Waals surface area contributed by atoms with E-state index in [1.54, 1.807) is 6.92 Å². The molecule has 2 nitrogen and oxygen atoms in total. The van der Waals surface area contributed by atoms with Crippen LogP contribution in [0.1, 0.15) is 27.2 Å². The fourth-order valence-corrected chi connectivity index (χ4v) is 0.617. The number of amides is 1. The van der Waals surface area contributed by atoms with E-state index in [9.17, 15) is 4.79 Å². The molecule has 0 fully saturated rings. The summed E-state index contributed by atoms with van der Waals surface area (Å²) in [5, 5.41) is 2.74. The van der Waals surface area contributed by atoms with Gasteiger partial charge in [0, 0.05) is 11.3 Å². The first kappa shape index (κ1) is 9.95. The molecule has 0 spiro atoms. The molecule has 0 saturated heterocycles. The maximum absolute atomic E-state index is 11.0. The molecule has 0 aliphatic heterocycles. The van der Waals surface area contributed by atoms with Crippen LogP contribution < -0.4 is 5.32 Å². The van der Waals surface area contributed by atoms with Crippen LogP contribution in [-0.4, -0.2) is 5.91 Å². The summed E-state index contributed by atoms with van der Waals surface area (Å²) in [4.78, 5) is 11.0. The van der Waals surface area contributed by atoms with Gasteiger partial charge in [-0.3, -0.25) is 4.79 Å². The minimum Gasteiger partial charge on any atom is -0.326 e. The van der Waals surface area contributed by atoms with E-state index in [0.29, 0.717) is 5.57 Å². The number of carbonyl (C=O) groups is 1. The lowest BCUT2D eigenvalue weighted by Crippen LogP contribution is -2.22. The Morgan fingerprint density at radius 2 is 2.18 bits per heavy atom. The predicted molar refractivity (Wildman–Crippen MR) is 47.0 cm³/mol. The molecular formula is C9H15NO. The summed E-state index contributed by atoms with van der Waals surface area (Å²) < 4.78 is 0. The average Bonchev–Trinajstić information content (AvgIpc) is 1.99. The molecule has 0 rings (SSSR count). The first-order valence-electron chi connectivity index (χ1n) is 3.73. The molecule has 0 bridgehead atoms. The third kappa shape index (κ3) is 3.61. The standard InChI is InChI=1S/C9H15NO/c1-5-8(6-2)10-9(11)7(3)4/h5H,3,6H2,1-2,4H3,(H,10,11). The summed E-state index contributed by atoms with van der Waals surface area (Å²) in [5.41, 5.74) is 1.48. The van der Waals surface area contributed by atoms with Gasteiger partial charge in [-0.1, -0.05) is 19.6 Å². The average molecular weight is 153 g/mol. The van der Waals surface area contributed by atoms with Gasteiger partial charge in [0.15, 0.2) is 0 Å². The number of carbonyl (C=O) groups excluding carboxylic acids is 1.